The van der Waals surface area contributed by atoms with Gasteiger partial charge in [0.15, 0.2) is 0 Å². The summed E-state index contributed by atoms with van der Waals surface area (Å²) in [7, 11) is 2.28. The molecule has 1 saturated heterocycles. The van der Waals surface area contributed by atoms with Gasteiger partial charge in [-0.3, -0.25) is 4.99 Å². The van der Waals surface area contributed by atoms with E-state index in [4.69, 9.17) is 21.2 Å². The molecule has 6 rings (SSSR count). The van der Waals surface area contributed by atoms with Gasteiger partial charge in [-0.2, -0.15) is 0 Å². The molecule has 62 heavy (non-hydrogen) atoms. The Kier molecular flexibility index (Phi) is 15.9. The lowest BCUT2D eigenvalue weighted by molar-refractivity contribution is -0.0505. The number of nitrogen functional groups attached to an aromatic ring is 1. The molecule has 3 heterocycles. The highest BCUT2D eigenvalue weighted by Gasteiger charge is 2.67. The maximum Gasteiger partial charge on any atom is 0.219 e. The number of anilines is 1. The lowest BCUT2D eigenvalue weighted by Gasteiger charge is -2.40. The second-order valence-corrected chi connectivity index (χ2v) is 20.6. The molecule has 0 radical (unpaired) electrons. The van der Waals surface area contributed by atoms with E-state index >= 15 is 0 Å². The number of hydrogen-bond acceptors (Lipinski definition) is 10. The summed E-state index contributed by atoms with van der Waals surface area (Å²) in [6.45, 7) is 24.8. The molecule has 2 saturated carbocycles. The van der Waals surface area contributed by atoms with E-state index in [1.165, 1.54) is 31.4 Å². The van der Waals surface area contributed by atoms with Gasteiger partial charge >= 0.3 is 0 Å². The maximum absolute atomic E-state index is 14.6. The quantitative estimate of drug-likeness (QED) is 0.134. The summed E-state index contributed by atoms with van der Waals surface area (Å²) >= 11 is 0. The minimum atomic E-state index is -1.05. The lowest BCUT2D eigenvalue weighted by Crippen LogP contribution is -2.56. The fraction of sp³-hybridized carbons (Fsp3) is 0.706. The number of nitrogens with two attached hydrogens (primary N) is 2. The van der Waals surface area contributed by atoms with Crippen LogP contribution in [0.4, 0.5) is 10.3 Å². The second kappa shape index (κ2) is 20.5. The van der Waals surface area contributed by atoms with E-state index in [1.54, 1.807) is 12.4 Å². The Balaban J connectivity index is 1.12. The molecule has 14 atom stereocenters. The predicted molar refractivity (Wildman–Crippen MR) is 253 cm³/mol. The number of aromatic nitrogens is 2. The van der Waals surface area contributed by atoms with Gasteiger partial charge in [0, 0.05) is 84.9 Å². The molecule has 1 aromatic heterocycles. The van der Waals surface area contributed by atoms with Gasteiger partial charge < -0.3 is 36.8 Å². The molecule has 0 spiro atoms. The van der Waals surface area contributed by atoms with E-state index in [0.29, 0.717) is 41.5 Å². The number of nitrogens with one attached hydrogen (secondary N) is 2. The van der Waals surface area contributed by atoms with E-state index in [9.17, 15) is 9.50 Å². The van der Waals surface area contributed by atoms with E-state index in [-0.39, 0.29) is 47.8 Å². The third-order valence-corrected chi connectivity index (χ3v) is 16.1. The van der Waals surface area contributed by atoms with Crippen molar-refractivity contribution in [3.8, 4) is 11.1 Å². The van der Waals surface area contributed by atoms with Gasteiger partial charge in [0.25, 0.3) is 0 Å². The van der Waals surface area contributed by atoms with Crippen LogP contribution < -0.4 is 22.1 Å². The van der Waals surface area contributed by atoms with Gasteiger partial charge in [-0.25, -0.2) is 14.4 Å². The molecule has 2 aliphatic heterocycles. The zero-order valence-corrected chi connectivity index (χ0v) is 39.5. The van der Waals surface area contributed by atoms with Crippen LogP contribution in [0.1, 0.15) is 118 Å². The van der Waals surface area contributed by atoms with Gasteiger partial charge in [-0.1, -0.05) is 79.3 Å². The van der Waals surface area contributed by atoms with Crippen molar-refractivity contribution < 1.29 is 14.2 Å². The molecule has 9 unspecified atom stereocenters. The van der Waals surface area contributed by atoms with Crippen LogP contribution in [0.15, 0.2) is 65.9 Å². The Morgan fingerprint density at radius 2 is 1.76 bits per heavy atom. The van der Waals surface area contributed by atoms with Crippen molar-refractivity contribution in [2.75, 3.05) is 45.7 Å². The van der Waals surface area contributed by atoms with E-state index < -0.39 is 12.3 Å². The van der Waals surface area contributed by atoms with Crippen molar-refractivity contribution in [2.45, 2.75) is 136 Å². The van der Waals surface area contributed by atoms with Crippen molar-refractivity contribution in [1.82, 2.24) is 25.5 Å². The number of aliphatic imine (C=N–C) groups is 1. The number of benzene rings is 1. The van der Waals surface area contributed by atoms with Crippen molar-refractivity contribution in [3.63, 3.8) is 0 Å². The highest BCUT2D eigenvalue weighted by molar-refractivity contribution is 5.89. The number of alkyl halides is 1. The number of rotatable bonds is 13. The Morgan fingerprint density at radius 1 is 1.05 bits per heavy atom. The van der Waals surface area contributed by atoms with Crippen LogP contribution in [0.25, 0.3) is 11.1 Å². The average Bonchev–Trinajstić information content (AvgIpc) is 3.96. The summed E-state index contributed by atoms with van der Waals surface area (Å²) in [5.41, 5.74) is 16.5. The van der Waals surface area contributed by atoms with E-state index in [1.807, 2.05) is 25.3 Å². The highest BCUT2D eigenvalue weighted by Crippen LogP contribution is 2.72. The summed E-state index contributed by atoms with van der Waals surface area (Å²) < 4.78 is 21.0. The molecular formula is C51H81FN8O2. The standard InChI is InChI=1S/C51H81FN8O2/c1-11-43(38-15-13-37(14-16-38)40-27-58-49(54)59-28-40)44(26-52)57-29-41(53)17-20-60(10)42-22-31(3)21-39(24-42)46-45-33(5)23-32(4)36(8)62-30-50(9,61)48-35(7)47(55-18-19-56-48)34(6)25-51(45,46)12-2/h13-16,27-29,31-35,39,42-46,48,56-57,61H,8,11-12,17-26,30,53H2,1-7,9-10H3,(H2,54,58,59)/b41-29-/t31?,32?,33-,34+,35?,39?,42?,43?,44?,45-,46?,48?,50+,51-/m0/s1. The predicted octanol–water partition coefficient (Wildman–Crippen LogP) is 8.75. The maximum atomic E-state index is 14.6. The summed E-state index contributed by atoms with van der Waals surface area (Å²) in [5.74, 6) is 4.80. The fourth-order valence-electron chi connectivity index (χ4n) is 12.8. The summed E-state index contributed by atoms with van der Waals surface area (Å²) in [6, 6.07) is 8.17. The molecular weight excluding hydrogens is 776 g/mol. The third kappa shape index (κ3) is 10.7. The first kappa shape index (κ1) is 47.9. The fourth-order valence-corrected chi connectivity index (χ4v) is 12.8. The van der Waals surface area contributed by atoms with Crippen LogP contribution in [-0.2, 0) is 4.74 Å². The van der Waals surface area contributed by atoms with Crippen LogP contribution >= 0.6 is 0 Å². The minimum Gasteiger partial charge on any atom is -0.495 e. The third-order valence-electron chi connectivity index (χ3n) is 16.1. The van der Waals surface area contributed by atoms with Crippen LogP contribution in [0, 0.1) is 52.8 Å². The van der Waals surface area contributed by atoms with Gasteiger partial charge in [-0.05, 0) is 111 Å². The Labute approximate surface area is 373 Å². The topological polar surface area (TPSA) is 147 Å². The van der Waals surface area contributed by atoms with Crippen molar-refractivity contribution in [2.24, 2.45) is 63.5 Å². The van der Waals surface area contributed by atoms with Crippen LogP contribution in [0.2, 0.25) is 0 Å². The molecule has 344 valence electrons. The first-order valence-corrected chi connectivity index (χ1v) is 24.0. The average molecular weight is 857 g/mol. The zero-order chi connectivity index (χ0) is 44.9. The van der Waals surface area contributed by atoms with Crippen LogP contribution in [0.5, 0.6) is 0 Å². The van der Waals surface area contributed by atoms with Gasteiger partial charge in [-0.15, -0.1) is 0 Å². The summed E-state index contributed by atoms with van der Waals surface area (Å²) in [4.78, 5) is 16.0. The van der Waals surface area contributed by atoms with Crippen molar-refractivity contribution >= 4 is 11.7 Å². The van der Waals surface area contributed by atoms with E-state index in [0.717, 1.165) is 73.5 Å². The molecule has 2 bridgehead atoms. The summed E-state index contributed by atoms with van der Waals surface area (Å²) in [5, 5.41) is 18.8. The number of nitrogens with zero attached hydrogens (tertiary/aromatic N) is 4. The molecule has 2 aliphatic carbocycles. The number of halogens is 1. The number of hydrogen-bond donors (Lipinski definition) is 5. The zero-order valence-electron chi connectivity index (χ0n) is 39.5. The molecule has 3 fully saturated rings. The van der Waals surface area contributed by atoms with Crippen LogP contribution in [0.3, 0.4) is 0 Å². The molecule has 11 heteroatoms. The number of fused-ring (bicyclic) bond motifs is 3. The van der Waals surface area contributed by atoms with Gasteiger partial charge in [0.1, 0.15) is 18.9 Å². The molecule has 2 aromatic rings. The first-order chi connectivity index (χ1) is 29.5. The smallest absolute Gasteiger partial charge is 0.219 e. The molecule has 10 nitrogen and oxygen atoms in total. The van der Waals surface area contributed by atoms with Crippen LogP contribution in [-0.4, -0.2) is 89.4 Å². The molecule has 7 N–H and O–H groups in total. The number of ether oxygens (including phenoxy) is 1. The Hall–Kier alpha value is -3.54. The Morgan fingerprint density at radius 3 is 2.42 bits per heavy atom. The molecule has 0 amide bonds. The molecule has 4 aliphatic rings. The van der Waals surface area contributed by atoms with Gasteiger partial charge in [0.05, 0.1) is 18.3 Å². The normalized spacial score (nSPS) is 35.7. The van der Waals surface area contributed by atoms with Gasteiger partial charge in [0.2, 0.25) is 5.95 Å². The van der Waals surface area contributed by atoms with E-state index in [2.05, 4.69) is 99.7 Å². The number of aliphatic hydroxyl groups is 1. The van der Waals surface area contributed by atoms with Crippen molar-refractivity contribution in [1.29, 1.82) is 0 Å². The first-order valence-electron chi connectivity index (χ1n) is 24.0. The Bertz CT molecular complexity index is 1840. The highest BCUT2D eigenvalue weighted by atomic mass is 19.1. The second-order valence-electron chi connectivity index (χ2n) is 20.6. The summed E-state index contributed by atoms with van der Waals surface area (Å²) in [6.07, 6.45) is 13.8. The van der Waals surface area contributed by atoms with Crippen molar-refractivity contribution in [3.05, 3.63) is 66.5 Å². The largest absolute Gasteiger partial charge is 0.495 e. The molecule has 1 aromatic carbocycles. The monoisotopic (exact) mass is 857 g/mol. The number of allylic oxidation sites excluding steroid dienone is 1. The minimum absolute atomic E-state index is 0.0122. The lowest BCUT2D eigenvalue weighted by atomic mass is 9.72. The SMILES string of the molecule is C=C1OC[C@@](C)(O)C2NCCN=C(C2C)[C@H](C)C[C@]2(CC)C(C3CC(C)CC(N(C)CC/C(N)=C/NC(CF)C(CC)c4ccc(-c5cnc(N)nc5)cc4)C3)[C@@H]2[C@@H](C)CC1C.